The predicted octanol–water partition coefficient (Wildman–Crippen LogP) is 2.59. The first-order chi connectivity index (χ1) is 7.58. The molecular weight excluding hydrogens is 211 g/mol. The number of hydrogen-bond acceptors (Lipinski definition) is 3. The largest absolute Gasteiger partial charge is 0.508 e. The summed E-state index contributed by atoms with van der Waals surface area (Å²) in [6.45, 7) is 1.86. The van der Waals surface area contributed by atoms with Crippen LogP contribution in [-0.2, 0) is 9.53 Å². The van der Waals surface area contributed by atoms with Crippen LogP contribution in [0.1, 0.15) is 31.2 Å². The lowest BCUT2D eigenvalue weighted by molar-refractivity contribution is -0.141. The number of halogens is 1. The fourth-order valence-corrected chi connectivity index (χ4v) is 1.60. The van der Waals surface area contributed by atoms with E-state index in [1.165, 1.54) is 25.3 Å². The summed E-state index contributed by atoms with van der Waals surface area (Å²) in [5.74, 6) is -1.05. The second kappa shape index (κ2) is 5.49. The van der Waals surface area contributed by atoms with Crippen molar-refractivity contribution in [3.8, 4) is 5.75 Å². The molecule has 1 aromatic rings. The van der Waals surface area contributed by atoms with Crippen molar-refractivity contribution in [1.29, 1.82) is 0 Å². The quantitative estimate of drug-likeness (QED) is 0.802. The average molecular weight is 226 g/mol. The zero-order valence-corrected chi connectivity index (χ0v) is 9.37. The van der Waals surface area contributed by atoms with Crippen LogP contribution in [0.4, 0.5) is 4.39 Å². The molecule has 1 aromatic carbocycles. The molecule has 1 N–H and O–H groups in total. The summed E-state index contributed by atoms with van der Waals surface area (Å²) in [5.41, 5.74) is 0.355. The summed E-state index contributed by atoms with van der Waals surface area (Å²) in [5, 5.41) is 9.29. The first-order valence-corrected chi connectivity index (χ1v) is 5.13. The summed E-state index contributed by atoms with van der Waals surface area (Å²) in [6.07, 6.45) is 0.725. The molecule has 88 valence electrons. The first kappa shape index (κ1) is 12.5. The van der Waals surface area contributed by atoms with Crippen LogP contribution in [0.15, 0.2) is 18.2 Å². The van der Waals surface area contributed by atoms with Gasteiger partial charge in [0.1, 0.15) is 11.6 Å². The zero-order chi connectivity index (χ0) is 12.1. The van der Waals surface area contributed by atoms with E-state index >= 15 is 0 Å². The van der Waals surface area contributed by atoms with E-state index in [1.54, 1.807) is 0 Å². The molecule has 0 amide bonds. The number of carbonyl (C=O) groups is 1. The Morgan fingerprint density at radius 3 is 2.81 bits per heavy atom. The molecule has 0 unspecified atom stereocenters. The Hall–Kier alpha value is -1.58. The number of aromatic hydroxyl groups is 1. The lowest BCUT2D eigenvalue weighted by Crippen LogP contribution is -2.09. The highest BCUT2D eigenvalue weighted by Gasteiger charge is 2.18. The van der Waals surface area contributed by atoms with Crippen LogP contribution in [0.25, 0.3) is 0 Å². The second-order valence-electron chi connectivity index (χ2n) is 3.59. The fourth-order valence-electron chi connectivity index (χ4n) is 1.60. The molecule has 16 heavy (non-hydrogen) atoms. The topological polar surface area (TPSA) is 46.5 Å². The number of esters is 1. The minimum atomic E-state index is -0.409. The van der Waals surface area contributed by atoms with Crippen LogP contribution in [0.2, 0.25) is 0 Å². The maximum absolute atomic E-state index is 13.5. The molecule has 0 fully saturated rings. The average Bonchev–Trinajstić information content (AvgIpc) is 2.29. The summed E-state index contributed by atoms with van der Waals surface area (Å²) in [4.78, 5) is 11.1. The van der Waals surface area contributed by atoms with Gasteiger partial charge >= 0.3 is 5.97 Å². The smallest absolute Gasteiger partial charge is 0.306 e. The van der Waals surface area contributed by atoms with Gasteiger partial charge in [-0.25, -0.2) is 4.39 Å². The van der Waals surface area contributed by atoms with Crippen LogP contribution in [0.5, 0.6) is 5.75 Å². The SMILES string of the molecule is CC[C@H](CC(=O)OC)c1cc(O)ccc1F. The Bertz CT molecular complexity index is 377. The van der Waals surface area contributed by atoms with Gasteiger partial charge in [-0.1, -0.05) is 6.92 Å². The number of benzene rings is 1. The van der Waals surface area contributed by atoms with E-state index in [9.17, 15) is 14.3 Å². The highest BCUT2D eigenvalue weighted by Crippen LogP contribution is 2.28. The summed E-state index contributed by atoms with van der Waals surface area (Å²) >= 11 is 0. The van der Waals surface area contributed by atoms with Crippen LogP contribution >= 0.6 is 0 Å². The Morgan fingerprint density at radius 2 is 2.25 bits per heavy atom. The molecule has 1 atom stereocenters. The van der Waals surface area contributed by atoms with E-state index in [2.05, 4.69) is 4.74 Å². The number of phenolic OH excluding ortho intramolecular Hbond substituents is 1. The van der Waals surface area contributed by atoms with Crippen molar-refractivity contribution >= 4 is 5.97 Å². The maximum atomic E-state index is 13.5. The van der Waals surface area contributed by atoms with Gasteiger partial charge in [0.05, 0.1) is 13.5 Å². The molecule has 0 aromatic heterocycles. The third-order valence-electron chi connectivity index (χ3n) is 2.55. The molecule has 0 saturated carbocycles. The summed E-state index contributed by atoms with van der Waals surface area (Å²) < 4.78 is 18.0. The fraction of sp³-hybridized carbons (Fsp3) is 0.417. The summed E-state index contributed by atoms with van der Waals surface area (Å²) in [6, 6.07) is 3.83. The van der Waals surface area contributed by atoms with Crippen molar-refractivity contribution in [3.05, 3.63) is 29.6 Å². The standard InChI is InChI=1S/C12H15FO3/c1-3-8(6-12(15)16-2)10-7-9(14)4-5-11(10)13/h4-5,7-8,14H,3,6H2,1-2H3/t8-/m1/s1. The zero-order valence-electron chi connectivity index (χ0n) is 9.37. The number of hydrogen-bond donors (Lipinski definition) is 1. The van der Waals surface area contributed by atoms with Crippen molar-refractivity contribution in [1.82, 2.24) is 0 Å². The van der Waals surface area contributed by atoms with Gasteiger partial charge in [-0.2, -0.15) is 0 Å². The summed E-state index contributed by atoms with van der Waals surface area (Å²) in [7, 11) is 1.30. The number of carbonyl (C=O) groups excluding carboxylic acids is 1. The molecule has 0 radical (unpaired) electrons. The van der Waals surface area contributed by atoms with Crippen LogP contribution in [0, 0.1) is 5.82 Å². The van der Waals surface area contributed by atoms with Gasteiger partial charge in [0, 0.05) is 0 Å². The monoisotopic (exact) mass is 226 g/mol. The minimum Gasteiger partial charge on any atom is -0.508 e. The van der Waals surface area contributed by atoms with Gasteiger partial charge in [-0.05, 0) is 36.1 Å². The number of ether oxygens (including phenoxy) is 1. The van der Waals surface area contributed by atoms with Crippen molar-refractivity contribution in [3.63, 3.8) is 0 Å². The van der Waals surface area contributed by atoms with Gasteiger partial charge < -0.3 is 9.84 Å². The van der Waals surface area contributed by atoms with Gasteiger partial charge in [0.15, 0.2) is 0 Å². The van der Waals surface area contributed by atoms with Crippen LogP contribution in [-0.4, -0.2) is 18.2 Å². The van der Waals surface area contributed by atoms with E-state index in [0.29, 0.717) is 12.0 Å². The first-order valence-electron chi connectivity index (χ1n) is 5.13. The normalized spacial score (nSPS) is 12.2. The second-order valence-corrected chi connectivity index (χ2v) is 3.59. The number of rotatable bonds is 4. The Balaban J connectivity index is 2.94. The van der Waals surface area contributed by atoms with E-state index in [-0.39, 0.29) is 24.1 Å². The van der Waals surface area contributed by atoms with Crippen molar-refractivity contribution < 1.29 is 19.0 Å². The van der Waals surface area contributed by atoms with E-state index < -0.39 is 5.82 Å². The maximum Gasteiger partial charge on any atom is 0.306 e. The molecule has 3 nitrogen and oxygen atoms in total. The molecular formula is C12H15FO3. The Labute approximate surface area is 93.9 Å². The lowest BCUT2D eigenvalue weighted by atomic mass is 9.92. The van der Waals surface area contributed by atoms with Gasteiger partial charge in [0.2, 0.25) is 0 Å². The highest BCUT2D eigenvalue weighted by molar-refractivity contribution is 5.70. The third-order valence-corrected chi connectivity index (χ3v) is 2.55. The molecule has 0 aliphatic rings. The lowest BCUT2D eigenvalue weighted by Gasteiger charge is -2.14. The van der Waals surface area contributed by atoms with Gasteiger partial charge in [-0.15, -0.1) is 0 Å². The third kappa shape index (κ3) is 2.95. The van der Waals surface area contributed by atoms with E-state index in [0.717, 1.165) is 0 Å². The predicted molar refractivity (Wildman–Crippen MR) is 57.7 cm³/mol. The minimum absolute atomic E-state index is 0.000263. The van der Waals surface area contributed by atoms with E-state index in [4.69, 9.17) is 0 Å². The van der Waals surface area contributed by atoms with Crippen LogP contribution in [0.3, 0.4) is 0 Å². The Morgan fingerprint density at radius 1 is 1.56 bits per heavy atom. The van der Waals surface area contributed by atoms with Crippen molar-refractivity contribution in [2.24, 2.45) is 0 Å². The van der Waals surface area contributed by atoms with Crippen molar-refractivity contribution in [2.75, 3.05) is 7.11 Å². The molecule has 0 aliphatic heterocycles. The number of methoxy groups -OCH3 is 1. The van der Waals surface area contributed by atoms with E-state index in [1.807, 2.05) is 6.92 Å². The molecule has 1 rings (SSSR count). The Kier molecular flexibility index (Phi) is 4.28. The van der Waals surface area contributed by atoms with Gasteiger partial charge in [-0.3, -0.25) is 4.79 Å². The van der Waals surface area contributed by atoms with Crippen LogP contribution < -0.4 is 0 Å². The highest BCUT2D eigenvalue weighted by atomic mass is 19.1. The molecule has 0 bridgehead atoms. The molecule has 0 saturated heterocycles. The molecule has 4 heteroatoms. The number of phenols is 1. The molecule has 0 heterocycles. The van der Waals surface area contributed by atoms with Crippen molar-refractivity contribution in [2.45, 2.75) is 25.7 Å². The molecule has 0 spiro atoms. The molecule has 0 aliphatic carbocycles. The van der Waals surface area contributed by atoms with Gasteiger partial charge in [0.25, 0.3) is 0 Å².